The number of piperidine rings is 1. The van der Waals surface area contributed by atoms with E-state index < -0.39 is 6.09 Å². The third-order valence-corrected chi connectivity index (χ3v) is 2.89. The lowest BCUT2D eigenvalue weighted by Gasteiger charge is -2.31. The third-order valence-electron chi connectivity index (χ3n) is 2.89. The van der Waals surface area contributed by atoms with Crippen LogP contribution in [0.2, 0.25) is 0 Å². The molecule has 1 rings (SSSR count). The van der Waals surface area contributed by atoms with Crippen molar-refractivity contribution in [1.82, 2.24) is 10.2 Å². The smallest absolute Gasteiger partial charge is 0.407 e. The van der Waals surface area contributed by atoms with Gasteiger partial charge in [-0.15, -0.1) is 0 Å². The number of amides is 2. The molecule has 0 bridgehead atoms. The van der Waals surface area contributed by atoms with E-state index in [-0.39, 0.29) is 5.91 Å². The van der Waals surface area contributed by atoms with Crippen molar-refractivity contribution in [3.63, 3.8) is 0 Å². The van der Waals surface area contributed by atoms with E-state index in [1.165, 1.54) is 6.42 Å². The normalized spacial score (nSPS) is 19.9. The predicted octanol–water partition coefficient (Wildman–Crippen LogP) is 1.38. The average molecular weight is 242 g/mol. The molecule has 1 heterocycles. The van der Waals surface area contributed by atoms with Crippen LogP contribution in [0.4, 0.5) is 4.79 Å². The number of likely N-dealkylation sites (tertiary alicyclic amines) is 1. The Morgan fingerprint density at radius 1 is 1.47 bits per heavy atom. The van der Waals surface area contributed by atoms with Crippen LogP contribution in [0.3, 0.4) is 0 Å². The fourth-order valence-electron chi connectivity index (χ4n) is 2.03. The zero-order chi connectivity index (χ0) is 12.7. The summed E-state index contributed by atoms with van der Waals surface area (Å²) in [4.78, 5) is 24.7. The number of ether oxygens (including phenoxy) is 1. The maximum Gasteiger partial charge on any atom is 0.407 e. The van der Waals surface area contributed by atoms with Gasteiger partial charge in [0.25, 0.3) is 0 Å². The van der Waals surface area contributed by atoms with Crippen LogP contribution in [0.15, 0.2) is 0 Å². The molecule has 0 aromatic rings. The first-order valence-corrected chi connectivity index (χ1v) is 6.32. The van der Waals surface area contributed by atoms with E-state index in [1.807, 2.05) is 4.90 Å². The van der Waals surface area contributed by atoms with Gasteiger partial charge in [0.05, 0.1) is 6.61 Å². The van der Waals surface area contributed by atoms with E-state index in [4.69, 9.17) is 4.74 Å². The van der Waals surface area contributed by atoms with E-state index in [2.05, 4.69) is 12.2 Å². The molecule has 1 aliphatic rings. The summed E-state index contributed by atoms with van der Waals surface area (Å²) in [5.41, 5.74) is 0. The van der Waals surface area contributed by atoms with Crippen molar-refractivity contribution >= 4 is 12.0 Å². The fraction of sp³-hybridized carbons (Fsp3) is 0.833. The number of hydrogen-bond donors (Lipinski definition) is 1. The summed E-state index contributed by atoms with van der Waals surface area (Å²) in [5.74, 6) is 0.707. The molecule has 0 aromatic heterocycles. The molecule has 98 valence electrons. The molecule has 1 fully saturated rings. The zero-order valence-corrected chi connectivity index (χ0v) is 10.7. The Balaban J connectivity index is 2.18. The van der Waals surface area contributed by atoms with Gasteiger partial charge in [-0.2, -0.15) is 0 Å². The monoisotopic (exact) mass is 242 g/mol. The van der Waals surface area contributed by atoms with E-state index in [0.717, 1.165) is 19.5 Å². The topological polar surface area (TPSA) is 58.6 Å². The van der Waals surface area contributed by atoms with Crippen molar-refractivity contribution in [3.05, 3.63) is 0 Å². The fourth-order valence-corrected chi connectivity index (χ4v) is 2.03. The van der Waals surface area contributed by atoms with E-state index >= 15 is 0 Å². The quantitative estimate of drug-likeness (QED) is 0.810. The number of carbonyl (C=O) groups is 2. The zero-order valence-electron chi connectivity index (χ0n) is 10.7. The minimum absolute atomic E-state index is 0.119. The molecule has 1 unspecified atom stereocenters. The van der Waals surface area contributed by atoms with Crippen LogP contribution < -0.4 is 5.32 Å². The first-order chi connectivity index (χ1) is 8.13. The van der Waals surface area contributed by atoms with Gasteiger partial charge in [-0.3, -0.25) is 4.79 Å². The second-order valence-corrected chi connectivity index (χ2v) is 4.48. The summed E-state index contributed by atoms with van der Waals surface area (Å²) in [6.45, 7) is 6.31. The summed E-state index contributed by atoms with van der Waals surface area (Å²) < 4.78 is 4.71. The summed E-state index contributed by atoms with van der Waals surface area (Å²) >= 11 is 0. The molecule has 5 nitrogen and oxygen atoms in total. The van der Waals surface area contributed by atoms with Gasteiger partial charge in [0.2, 0.25) is 5.91 Å². The second-order valence-electron chi connectivity index (χ2n) is 4.48. The predicted molar refractivity (Wildman–Crippen MR) is 64.6 cm³/mol. The highest BCUT2D eigenvalue weighted by atomic mass is 16.5. The number of nitrogens with one attached hydrogen (secondary N) is 1. The number of hydrogen-bond acceptors (Lipinski definition) is 3. The molecule has 1 saturated heterocycles. The molecule has 0 saturated carbocycles. The minimum Gasteiger partial charge on any atom is -0.450 e. The lowest BCUT2D eigenvalue weighted by molar-refractivity contribution is -0.132. The van der Waals surface area contributed by atoms with Gasteiger partial charge >= 0.3 is 6.09 Å². The second kappa shape index (κ2) is 7.14. The van der Waals surface area contributed by atoms with Gasteiger partial charge in [0.15, 0.2) is 0 Å². The highest BCUT2D eigenvalue weighted by Gasteiger charge is 2.20. The molecule has 17 heavy (non-hydrogen) atoms. The first kappa shape index (κ1) is 13.8. The summed E-state index contributed by atoms with van der Waals surface area (Å²) in [7, 11) is 0. The summed E-state index contributed by atoms with van der Waals surface area (Å²) in [6.07, 6.45) is 2.18. The van der Waals surface area contributed by atoms with E-state index in [9.17, 15) is 9.59 Å². The molecule has 0 radical (unpaired) electrons. The Morgan fingerprint density at radius 2 is 2.24 bits per heavy atom. The van der Waals surface area contributed by atoms with Gasteiger partial charge < -0.3 is 15.0 Å². The number of alkyl carbamates (subject to hydrolysis) is 1. The molecule has 0 spiro atoms. The van der Waals surface area contributed by atoms with Crippen molar-refractivity contribution in [2.24, 2.45) is 5.92 Å². The Hall–Kier alpha value is -1.26. The Kier molecular flexibility index (Phi) is 5.80. The third kappa shape index (κ3) is 5.06. The molecule has 5 heteroatoms. The van der Waals surface area contributed by atoms with Crippen LogP contribution in [0.5, 0.6) is 0 Å². The van der Waals surface area contributed by atoms with Crippen molar-refractivity contribution in [2.45, 2.75) is 33.1 Å². The molecule has 0 aliphatic carbocycles. The van der Waals surface area contributed by atoms with Crippen molar-refractivity contribution in [3.8, 4) is 0 Å². The Bertz CT molecular complexity index is 268. The maximum atomic E-state index is 11.8. The average Bonchev–Trinajstić information content (AvgIpc) is 2.29. The number of nitrogens with zero attached hydrogens (tertiary/aromatic N) is 1. The van der Waals surface area contributed by atoms with E-state index in [0.29, 0.717) is 25.5 Å². The maximum absolute atomic E-state index is 11.8. The van der Waals surface area contributed by atoms with Gasteiger partial charge in [-0.25, -0.2) is 4.79 Å². The van der Waals surface area contributed by atoms with Crippen LogP contribution in [0.25, 0.3) is 0 Å². The van der Waals surface area contributed by atoms with E-state index in [1.54, 1.807) is 6.92 Å². The molecular formula is C12H22N2O3. The molecule has 2 amide bonds. The minimum atomic E-state index is -0.452. The number of rotatable bonds is 4. The molecule has 1 N–H and O–H groups in total. The van der Waals surface area contributed by atoms with Crippen molar-refractivity contribution in [2.75, 3.05) is 26.2 Å². The van der Waals surface area contributed by atoms with Gasteiger partial charge in [-0.1, -0.05) is 6.92 Å². The molecule has 1 aliphatic heterocycles. The largest absolute Gasteiger partial charge is 0.450 e. The standard InChI is InChI=1S/C12H22N2O3/c1-3-17-12(16)13-7-6-11(15)14-8-4-5-10(2)9-14/h10H,3-9H2,1-2H3,(H,13,16). The van der Waals surface area contributed by atoms with Crippen molar-refractivity contribution in [1.29, 1.82) is 0 Å². The summed E-state index contributed by atoms with van der Waals surface area (Å²) in [6, 6.07) is 0. The van der Waals surface area contributed by atoms with Crippen molar-refractivity contribution < 1.29 is 14.3 Å². The van der Waals surface area contributed by atoms with Crippen LogP contribution in [-0.4, -0.2) is 43.1 Å². The van der Waals surface area contributed by atoms with Crippen LogP contribution >= 0.6 is 0 Å². The number of carbonyl (C=O) groups excluding carboxylic acids is 2. The van der Waals surface area contributed by atoms with Gasteiger partial charge in [0, 0.05) is 26.1 Å². The SMILES string of the molecule is CCOC(=O)NCCC(=O)N1CCCC(C)C1. The highest BCUT2D eigenvalue weighted by Crippen LogP contribution is 2.15. The van der Waals surface area contributed by atoms with Gasteiger partial charge in [0.1, 0.15) is 0 Å². The molecular weight excluding hydrogens is 220 g/mol. The Labute approximate surface area is 102 Å². The molecule has 0 aromatic carbocycles. The van der Waals surface area contributed by atoms with Crippen LogP contribution in [0.1, 0.15) is 33.1 Å². The lowest BCUT2D eigenvalue weighted by atomic mass is 10.00. The summed E-state index contributed by atoms with van der Waals surface area (Å²) in [5, 5.41) is 2.56. The van der Waals surface area contributed by atoms with Crippen LogP contribution in [-0.2, 0) is 9.53 Å². The first-order valence-electron chi connectivity index (χ1n) is 6.32. The van der Waals surface area contributed by atoms with Gasteiger partial charge in [-0.05, 0) is 25.7 Å². The lowest BCUT2D eigenvalue weighted by Crippen LogP contribution is -2.40. The van der Waals surface area contributed by atoms with Crippen LogP contribution in [0, 0.1) is 5.92 Å². The highest BCUT2D eigenvalue weighted by molar-refractivity contribution is 5.77. The molecule has 1 atom stereocenters. The Morgan fingerprint density at radius 3 is 2.88 bits per heavy atom.